The number of aromatic nitrogens is 2. The number of amides is 1. The van der Waals surface area contributed by atoms with E-state index < -0.39 is 0 Å². The van der Waals surface area contributed by atoms with Gasteiger partial charge in [-0.25, -0.2) is 0 Å². The normalized spacial score (nSPS) is 23.9. The summed E-state index contributed by atoms with van der Waals surface area (Å²) in [6.07, 6.45) is 2.70. The zero-order chi connectivity index (χ0) is 12.4. The number of anilines is 1. The Kier molecular flexibility index (Phi) is 3.33. The summed E-state index contributed by atoms with van der Waals surface area (Å²) < 4.78 is 7.00. The lowest BCUT2D eigenvalue weighted by atomic mass is 10.1. The quantitative estimate of drug-likeness (QED) is 0.810. The van der Waals surface area contributed by atoms with Gasteiger partial charge in [-0.2, -0.15) is 5.10 Å². The van der Waals surface area contributed by atoms with Crippen LogP contribution in [0.3, 0.4) is 0 Å². The van der Waals surface area contributed by atoms with E-state index in [2.05, 4.69) is 5.10 Å². The van der Waals surface area contributed by atoms with Crippen LogP contribution in [0.4, 0.5) is 5.82 Å². The first-order valence-corrected chi connectivity index (χ1v) is 5.74. The van der Waals surface area contributed by atoms with E-state index in [-0.39, 0.29) is 24.6 Å². The van der Waals surface area contributed by atoms with Crippen molar-refractivity contribution in [2.75, 3.05) is 19.4 Å². The lowest BCUT2D eigenvalue weighted by Crippen LogP contribution is -2.42. The van der Waals surface area contributed by atoms with Gasteiger partial charge in [-0.1, -0.05) is 0 Å². The zero-order valence-corrected chi connectivity index (χ0v) is 10.2. The standard InChI is InChI=1S/C11H18N4O2/c1-8-9(4-6-17-8)14(2)11(16)7-15-5-3-10(12)13-15/h3,5,8-9H,4,6-7H2,1-2H3,(H2,12,13). The molecule has 17 heavy (non-hydrogen) atoms. The van der Waals surface area contributed by atoms with E-state index >= 15 is 0 Å². The van der Waals surface area contributed by atoms with Gasteiger partial charge in [-0.05, 0) is 19.4 Å². The number of nitrogens with zero attached hydrogens (tertiary/aromatic N) is 3. The summed E-state index contributed by atoms with van der Waals surface area (Å²) in [5.74, 6) is 0.452. The lowest BCUT2D eigenvalue weighted by molar-refractivity contribution is -0.133. The van der Waals surface area contributed by atoms with E-state index in [9.17, 15) is 4.79 Å². The number of rotatable bonds is 3. The molecular formula is C11H18N4O2. The number of carbonyl (C=O) groups is 1. The Balaban J connectivity index is 1.95. The fraction of sp³-hybridized carbons (Fsp3) is 0.636. The largest absolute Gasteiger partial charge is 0.382 e. The number of likely N-dealkylation sites (N-methyl/N-ethyl adjacent to an activating group) is 1. The van der Waals surface area contributed by atoms with Gasteiger partial charge < -0.3 is 15.4 Å². The first kappa shape index (κ1) is 11.9. The Hall–Kier alpha value is -1.56. The van der Waals surface area contributed by atoms with Crippen molar-refractivity contribution in [1.82, 2.24) is 14.7 Å². The van der Waals surface area contributed by atoms with Crippen molar-refractivity contribution in [1.29, 1.82) is 0 Å². The van der Waals surface area contributed by atoms with Crippen molar-refractivity contribution >= 4 is 11.7 Å². The Morgan fingerprint density at radius 2 is 2.53 bits per heavy atom. The van der Waals surface area contributed by atoms with E-state index in [1.54, 1.807) is 21.8 Å². The molecule has 0 aromatic carbocycles. The predicted molar refractivity (Wildman–Crippen MR) is 63.2 cm³/mol. The van der Waals surface area contributed by atoms with Crippen LogP contribution in [0.2, 0.25) is 0 Å². The third-order valence-electron chi connectivity index (χ3n) is 3.19. The molecule has 2 rings (SSSR count). The lowest BCUT2D eigenvalue weighted by Gasteiger charge is -2.26. The predicted octanol–water partition coefficient (Wildman–Crippen LogP) is 0.101. The van der Waals surface area contributed by atoms with Crippen LogP contribution >= 0.6 is 0 Å². The average Bonchev–Trinajstić information content (AvgIpc) is 2.86. The van der Waals surface area contributed by atoms with Crippen LogP contribution in [0, 0.1) is 0 Å². The molecule has 2 atom stereocenters. The van der Waals surface area contributed by atoms with Crippen LogP contribution in [0.1, 0.15) is 13.3 Å². The molecule has 1 aliphatic heterocycles. The zero-order valence-electron chi connectivity index (χ0n) is 10.2. The molecule has 94 valence electrons. The van der Waals surface area contributed by atoms with Gasteiger partial charge in [0.1, 0.15) is 12.4 Å². The van der Waals surface area contributed by atoms with Gasteiger partial charge in [-0.3, -0.25) is 9.48 Å². The maximum Gasteiger partial charge on any atom is 0.244 e. The molecule has 6 nitrogen and oxygen atoms in total. The third-order valence-corrected chi connectivity index (χ3v) is 3.19. The molecule has 0 saturated carbocycles. The van der Waals surface area contributed by atoms with Crippen LogP contribution in [-0.2, 0) is 16.1 Å². The molecule has 1 amide bonds. The SMILES string of the molecule is CC1OCCC1N(C)C(=O)Cn1ccc(N)n1. The summed E-state index contributed by atoms with van der Waals surface area (Å²) in [5.41, 5.74) is 5.50. The summed E-state index contributed by atoms with van der Waals surface area (Å²) in [4.78, 5) is 13.8. The molecule has 1 aromatic heterocycles. The van der Waals surface area contributed by atoms with Crippen LogP contribution in [0.5, 0.6) is 0 Å². The molecule has 1 fully saturated rings. The molecule has 0 bridgehead atoms. The number of nitrogens with two attached hydrogens (primary N) is 1. The van der Waals surface area contributed by atoms with Gasteiger partial charge >= 0.3 is 0 Å². The van der Waals surface area contributed by atoms with Gasteiger partial charge in [0, 0.05) is 19.9 Å². The summed E-state index contributed by atoms with van der Waals surface area (Å²) in [6.45, 7) is 2.93. The Labute approximate surface area is 100 Å². The van der Waals surface area contributed by atoms with Crippen LogP contribution in [0.15, 0.2) is 12.3 Å². The molecule has 2 N–H and O–H groups in total. The maximum absolute atomic E-state index is 12.0. The third kappa shape index (κ3) is 2.58. The molecule has 1 aliphatic rings. The second-order valence-corrected chi connectivity index (χ2v) is 4.37. The summed E-state index contributed by atoms with van der Waals surface area (Å²) in [7, 11) is 1.81. The van der Waals surface area contributed by atoms with Crippen molar-refractivity contribution in [3.8, 4) is 0 Å². The van der Waals surface area contributed by atoms with E-state index in [1.165, 1.54) is 0 Å². The van der Waals surface area contributed by atoms with Crippen molar-refractivity contribution in [2.24, 2.45) is 0 Å². The van der Waals surface area contributed by atoms with Crippen LogP contribution in [0.25, 0.3) is 0 Å². The van der Waals surface area contributed by atoms with Crippen LogP contribution in [-0.4, -0.2) is 46.4 Å². The number of ether oxygens (including phenoxy) is 1. The van der Waals surface area contributed by atoms with Crippen molar-refractivity contribution in [3.63, 3.8) is 0 Å². The number of hydrogen-bond acceptors (Lipinski definition) is 4. The van der Waals surface area contributed by atoms with Gasteiger partial charge in [-0.15, -0.1) is 0 Å². The van der Waals surface area contributed by atoms with Crippen molar-refractivity contribution in [3.05, 3.63) is 12.3 Å². The van der Waals surface area contributed by atoms with Gasteiger partial charge in [0.25, 0.3) is 0 Å². The molecule has 1 saturated heterocycles. The monoisotopic (exact) mass is 238 g/mol. The smallest absolute Gasteiger partial charge is 0.244 e. The Bertz CT molecular complexity index is 404. The maximum atomic E-state index is 12.0. The molecule has 2 unspecified atom stereocenters. The highest BCUT2D eigenvalue weighted by Crippen LogP contribution is 2.18. The highest BCUT2D eigenvalue weighted by Gasteiger charge is 2.30. The molecule has 0 radical (unpaired) electrons. The fourth-order valence-corrected chi connectivity index (χ4v) is 2.13. The Morgan fingerprint density at radius 1 is 1.76 bits per heavy atom. The summed E-state index contributed by atoms with van der Waals surface area (Å²) >= 11 is 0. The molecular weight excluding hydrogens is 220 g/mol. The minimum absolute atomic E-state index is 0.0236. The molecule has 6 heteroatoms. The van der Waals surface area contributed by atoms with E-state index in [1.807, 2.05) is 14.0 Å². The van der Waals surface area contributed by atoms with E-state index in [0.29, 0.717) is 5.82 Å². The van der Waals surface area contributed by atoms with Crippen molar-refractivity contribution in [2.45, 2.75) is 32.0 Å². The van der Waals surface area contributed by atoms with E-state index in [0.717, 1.165) is 13.0 Å². The highest BCUT2D eigenvalue weighted by molar-refractivity contribution is 5.76. The van der Waals surface area contributed by atoms with Gasteiger partial charge in [0.05, 0.1) is 12.1 Å². The highest BCUT2D eigenvalue weighted by atomic mass is 16.5. The Morgan fingerprint density at radius 3 is 3.06 bits per heavy atom. The van der Waals surface area contributed by atoms with Gasteiger partial charge in [0.15, 0.2) is 0 Å². The molecule has 1 aromatic rings. The first-order chi connectivity index (χ1) is 8.08. The number of nitrogen functional groups attached to an aromatic ring is 1. The molecule has 0 aliphatic carbocycles. The number of hydrogen-bond donors (Lipinski definition) is 1. The van der Waals surface area contributed by atoms with Crippen molar-refractivity contribution < 1.29 is 9.53 Å². The van der Waals surface area contributed by atoms with E-state index in [4.69, 9.17) is 10.5 Å². The topological polar surface area (TPSA) is 73.4 Å². The summed E-state index contributed by atoms with van der Waals surface area (Å²) in [5, 5.41) is 3.99. The molecule has 0 spiro atoms. The van der Waals surface area contributed by atoms with Gasteiger partial charge in [0.2, 0.25) is 5.91 Å². The molecule has 2 heterocycles. The minimum atomic E-state index is 0.0236. The van der Waals surface area contributed by atoms with Crippen LogP contribution < -0.4 is 5.73 Å². The number of carbonyl (C=O) groups excluding carboxylic acids is 1. The second kappa shape index (κ2) is 4.75. The fourth-order valence-electron chi connectivity index (χ4n) is 2.13. The summed E-state index contributed by atoms with van der Waals surface area (Å²) in [6, 6.07) is 1.84. The minimum Gasteiger partial charge on any atom is -0.382 e. The second-order valence-electron chi connectivity index (χ2n) is 4.37. The first-order valence-electron chi connectivity index (χ1n) is 5.74. The average molecular weight is 238 g/mol.